The molecule has 1 aliphatic rings. The summed E-state index contributed by atoms with van der Waals surface area (Å²) in [5.41, 5.74) is 3.57. The first-order valence-electron chi connectivity index (χ1n) is 11.7. The molecule has 1 fully saturated rings. The van der Waals surface area contributed by atoms with E-state index in [0.29, 0.717) is 26.1 Å². The van der Waals surface area contributed by atoms with E-state index in [-0.39, 0.29) is 23.7 Å². The number of likely N-dealkylation sites (tertiary alicyclic amines) is 1. The number of nitrogens with one attached hydrogen (secondary N) is 1. The second-order valence-electron chi connectivity index (χ2n) is 8.65. The van der Waals surface area contributed by atoms with Crippen LogP contribution in [-0.2, 0) is 29.0 Å². The average Bonchev–Trinajstić information content (AvgIpc) is 3.55. The summed E-state index contributed by atoms with van der Waals surface area (Å²) >= 11 is 0. The Kier molecular flexibility index (Phi) is 7.77. The lowest BCUT2D eigenvalue weighted by molar-refractivity contribution is -0.125. The maximum Gasteiger partial charge on any atom is 0.360 e. The molecule has 1 N–H and O–H groups in total. The number of carbonyl (C=O) groups is 2. The third-order valence-electron chi connectivity index (χ3n) is 6.41. The highest BCUT2D eigenvalue weighted by molar-refractivity contribution is 5.86. The Morgan fingerprint density at radius 1 is 1.03 bits per heavy atom. The van der Waals surface area contributed by atoms with E-state index in [0.717, 1.165) is 23.3 Å². The first kappa shape index (κ1) is 24.4. The van der Waals surface area contributed by atoms with Crippen LogP contribution in [-0.4, -0.2) is 58.6 Å². The van der Waals surface area contributed by atoms with Crippen LogP contribution < -0.4 is 10.1 Å². The zero-order chi connectivity index (χ0) is 24.8. The molecule has 184 valence electrons. The van der Waals surface area contributed by atoms with Gasteiger partial charge in [-0.1, -0.05) is 48.5 Å². The lowest BCUT2D eigenvalue weighted by atomic mass is 10.1. The van der Waals surface area contributed by atoms with Gasteiger partial charge in [-0.05, 0) is 41.7 Å². The van der Waals surface area contributed by atoms with Crippen molar-refractivity contribution >= 4 is 11.9 Å². The molecule has 0 spiro atoms. The Morgan fingerprint density at radius 3 is 2.37 bits per heavy atom. The highest BCUT2D eigenvalue weighted by Crippen LogP contribution is 2.29. The molecule has 9 nitrogen and oxygen atoms in total. The Morgan fingerprint density at radius 2 is 1.71 bits per heavy atom. The zero-order valence-corrected chi connectivity index (χ0v) is 20.3. The minimum Gasteiger partial charge on any atom is -0.497 e. The van der Waals surface area contributed by atoms with Gasteiger partial charge in [0.2, 0.25) is 5.91 Å². The van der Waals surface area contributed by atoms with E-state index in [1.54, 1.807) is 18.0 Å². The molecular weight excluding hydrogens is 446 g/mol. The molecule has 0 aliphatic carbocycles. The van der Waals surface area contributed by atoms with Crippen molar-refractivity contribution in [2.45, 2.75) is 44.9 Å². The summed E-state index contributed by atoms with van der Waals surface area (Å²) in [6.45, 7) is 3.81. The van der Waals surface area contributed by atoms with E-state index in [9.17, 15) is 9.59 Å². The Labute approximate surface area is 205 Å². The lowest BCUT2D eigenvalue weighted by Crippen LogP contribution is -2.42. The number of hydrogen-bond acceptors (Lipinski definition) is 7. The third-order valence-corrected chi connectivity index (χ3v) is 6.41. The van der Waals surface area contributed by atoms with Crippen LogP contribution >= 0.6 is 0 Å². The van der Waals surface area contributed by atoms with Crippen molar-refractivity contribution in [2.24, 2.45) is 0 Å². The number of rotatable bonds is 9. The minimum absolute atomic E-state index is 0.0400. The van der Waals surface area contributed by atoms with Crippen molar-refractivity contribution in [3.05, 3.63) is 77.1 Å². The number of hydrogen-bond donors (Lipinski definition) is 1. The molecule has 0 saturated carbocycles. The molecule has 1 amide bonds. The molecule has 1 aliphatic heterocycles. The summed E-state index contributed by atoms with van der Waals surface area (Å²) in [4.78, 5) is 27.3. The van der Waals surface area contributed by atoms with Gasteiger partial charge in [0.25, 0.3) is 0 Å². The summed E-state index contributed by atoms with van der Waals surface area (Å²) in [6.07, 6.45) is 3.13. The average molecular weight is 478 g/mol. The van der Waals surface area contributed by atoms with Crippen molar-refractivity contribution in [2.75, 3.05) is 20.8 Å². The third kappa shape index (κ3) is 5.86. The van der Waals surface area contributed by atoms with E-state index in [2.05, 4.69) is 51.7 Å². The van der Waals surface area contributed by atoms with Crippen LogP contribution in [0.25, 0.3) is 0 Å². The van der Waals surface area contributed by atoms with Gasteiger partial charge >= 0.3 is 5.97 Å². The molecule has 3 aromatic rings. The second-order valence-corrected chi connectivity index (χ2v) is 8.65. The number of aryl methyl sites for hydroxylation is 1. The highest BCUT2D eigenvalue weighted by Gasteiger charge is 2.38. The molecule has 9 heteroatoms. The molecule has 0 unspecified atom stereocenters. The van der Waals surface area contributed by atoms with Crippen molar-refractivity contribution in [3.63, 3.8) is 0 Å². The van der Waals surface area contributed by atoms with Crippen LogP contribution in [0.2, 0.25) is 0 Å². The fourth-order valence-electron chi connectivity index (χ4n) is 4.34. The van der Waals surface area contributed by atoms with Crippen molar-refractivity contribution in [3.8, 4) is 5.75 Å². The summed E-state index contributed by atoms with van der Waals surface area (Å²) < 4.78 is 11.6. The Balaban J connectivity index is 1.48. The quantitative estimate of drug-likeness (QED) is 0.473. The fraction of sp³-hybridized carbons (Fsp3) is 0.385. The molecule has 1 aromatic heterocycles. The maximum absolute atomic E-state index is 13.3. The smallest absolute Gasteiger partial charge is 0.360 e. The first-order valence-corrected chi connectivity index (χ1v) is 11.7. The second kappa shape index (κ2) is 11.1. The van der Waals surface area contributed by atoms with Crippen LogP contribution in [0, 0.1) is 0 Å². The fourth-order valence-corrected chi connectivity index (χ4v) is 4.34. The largest absolute Gasteiger partial charge is 0.497 e. The van der Waals surface area contributed by atoms with Crippen molar-refractivity contribution < 1.29 is 19.1 Å². The molecule has 0 bridgehead atoms. The standard InChI is InChI=1S/C26H31N5O4/c1-4-18-5-7-20(8-6-18)15-30-16-21(31-17-23(28-29-31)26(33)35-3)13-24(30)25(32)27-14-19-9-11-22(34-2)12-10-19/h5-12,17,21,24H,4,13-16H2,1-3H3,(H,27,32)/t21-,24-/m0/s1. The lowest BCUT2D eigenvalue weighted by Gasteiger charge is -2.23. The monoisotopic (exact) mass is 477 g/mol. The number of esters is 1. The zero-order valence-electron chi connectivity index (χ0n) is 20.3. The van der Waals surface area contributed by atoms with Gasteiger partial charge in [-0.2, -0.15) is 0 Å². The van der Waals surface area contributed by atoms with E-state index in [4.69, 9.17) is 9.47 Å². The van der Waals surface area contributed by atoms with E-state index < -0.39 is 5.97 Å². The van der Waals surface area contributed by atoms with Crippen LogP contribution in [0.3, 0.4) is 0 Å². The van der Waals surface area contributed by atoms with Gasteiger partial charge in [-0.25, -0.2) is 9.48 Å². The highest BCUT2D eigenvalue weighted by atomic mass is 16.5. The van der Waals surface area contributed by atoms with Gasteiger partial charge in [0.05, 0.1) is 32.5 Å². The maximum atomic E-state index is 13.3. The van der Waals surface area contributed by atoms with Gasteiger partial charge < -0.3 is 14.8 Å². The van der Waals surface area contributed by atoms with Crippen LogP contribution in [0.4, 0.5) is 0 Å². The SMILES string of the molecule is CCc1ccc(CN2C[C@@H](n3cc(C(=O)OC)nn3)C[C@H]2C(=O)NCc2ccc(OC)cc2)cc1. The molecule has 2 heterocycles. The number of methoxy groups -OCH3 is 2. The minimum atomic E-state index is -0.532. The van der Waals surface area contributed by atoms with Gasteiger partial charge in [-0.3, -0.25) is 9.69 Å². The molecule has 35 heavy (non-hydrogen) atoms. The predicted molar refractivity (Wildman–Crippen MR) is 130 cm³/mol. The predicted octanol–water partition coefficient (Wildman–Crippen LogP) is 2.77. The molecule has 2 aromatic carbocycles. The van der Waals surface area contributed by atoms with E-state index in [1.807, 2.05) is 24.3 Å². The molecule has 1 saturated heterocycles. The van der Waals surface area contributed by atoms with E-state index in [1.165, 1.54) is 12.7 Å². The van der Waals surface area contributed by atoms with Crippen LogP contribution in [0.1, 0.15) is 46.6 Å². The van der Waals surface area contributed by atoms with Crippen LogP contribution in [0.5, 0.6) is 5.75 Å². The summed E-state index contributed by atoms with van der Waals surface area (Å²) in [7, 11) is 2.94. The first-order chi connectivity index (χ1) is 17.0. The van der Waals surface area contributed by atoms with Crippen LogP contribution in [0.15, 0.2) is 54.7 Å². The van der Waals surface area contributed by atoms with Gasteiger partial charge in [0, 0.05) is 19.6 Å². The Bertz CT molecular complexity index is 1140. The topological polar surface area (TPSA) is 98.6 Å². The number of aromatic nitrogens is 3. The summed E-state index contributed by atoms with van der Waals surface area (Å²) in [6, 6.07) is 15.7. The van der Waals surface area contributed by atoms with Crippen molar-refractivity contribution in [1.29, 1.82) is 0 Å². The van der Waals surface area contributed by atoms with Crippen molar-refractivity contribution in [1.82, 2.24) is 25.2 Å². The number of amides is 1. The number of benzene rings is 2. The van der Waals surface area contributed by atoms with E-state index >= 15 is 0 Å². The number of carbonyl (C=O) groups excluding carboxylic acids is 2. The molecule has 0 radical (unpaired) electrons. The number of nitrogens with zero attached hydrogens (tertiary/aromatic N) is 4. The molecule has 4 rings (SSSR count). The van der Waals surface area contributed by atoms with Gasteiger partial charge in [0.15, 0.2) is 5.69 Å². The van der Waals surface area contributed by atoms with Gasteiger partial charge in [-0.15, -0.1) is 5.10 Å². The molecule has 2 atom stereocenters. The normalized spacial score (nSPS) is 17.8. The van der Waals surface area contributed by atoms with Gasteiger partial charge in [0.1, 0.15) is 5.75 Å². The number of ether oxygens (including phenoxy) is 2. The Hall–Kier alpha value is -3.72. The summed E-state index contributed by atoms with van der Waals surface area (Å²) in [5, 5.41) is 11.1. The molecular formula is C26H31N5O4. The summed E-state index contributed by atoms with van der Waals surface area (Å²) in [5.74, 6) is 0.204.